The maximum Gasteiger partial charge on any atom is 0.123 e. The highest BCUT2D eigenvalue weighted by Crippen LogP contribution is 2.20. The van der Waals surface area contributed by atoms with Gasteiger partial charge >= 0.3 is 0 Å². The second-order valence-electron chi connectivity index (χ2n) is 5.64. The second kappa shape index (κ2) is 7.90. The largest absolute Gasteiger partial charge is 0.359 e. The van der Waals surface area contributed by atoms with Gasteiger partial charge in [-0.1, -0.05) is 12.1 Å². The fourth-order valence-corrected chi connectivity index (χ4v) is 2.46. The van der Waals surface area contributed by atoms with Crippen molar-refractivity contribution in [2.45, 2.75) is 20.3 Å². The zero-order valence-corrected chi connectivity index (χ0v) is 14.0. The predicted molar refractivity (Wildman–Crippen MR) is 95.7 cm³/mol. The Morgan fingerprint density at radius 1 is 1.04 bits per heavy atom. The smallest absolute Gasteiger partial charge is 0.123 e. The van der Waals surface area contributed by atoms with E-state index in [0.29, 0.717) is 28.9 Å². The van der Waals surface area contributed by atoms with Crippen LogP contribution in [-0.2, 0) is 6.42 Å². The van der Waals surface area contributed by atoms with E-state index in [1.54, 1.807) is 37.3 Å². The molecule has 25 heavy (non-hydrogen) atoms. The van der Waals surface area contributed by atoms with Crippen LogP contribution in [0.5, 0.6) is 0 Å². The predicted octanol–water partition coefficient (Wildman–Crippen LogP) is 4.54. The zero-order chi connectivity index (χ0) is 18.4. The van der Waals surface area contributed by atoms with Crippen molar-refractivity contribution in [2.75, 3.05) is 5.32 Å². The van der Waals surface area contributed by atoms with Crippen molar-refractivity contribution < 1.29 is 4.39 Å². The molecule has 0 amide bonds. The van der Waals surface area contributed by atoms with Gasteiger partial charge < -0.3 is 10.7 Å². The highest BCUT2D eigenvalue weighted by Gasteiger charge is 2.09. The molecule has 0 aliphatic heterocycles. The van der Waals surface area contributed by atoms with Gasteiger partial charge in [0.1, 0.15) is 18.0 Å². The van der Waals surface area contributed by atoms with E-state index >= 15 is 0 Å². The Morgan fingerprint density at radius 3 is 2.24 bits per heavy atom. The van der Waals surface area contributed by atoms with E-state index in [1.165, 1.54) is 12.1 Å². The lowest BCUT2D eigenvalue weighted by Crippen LogP contribution is -2.09. The first-order valence-electron chi connectivity index (χ1n) is 7.65. The normalized spacial score (nSPS) is 11.1. The molecular formula is C20H17FN4. The van der Waals surface area contributed by atoms with Crippen molar-refractivity contribution >= 4 is 11.4 Å². The van der Waals surface area contributed by atoms with Crippen LogP contribution in [0.15, 0.2) is 53.7 Å². The molecule has 0 aromatic heterocycles. The summed E-state index contributed by atoms with van der Waals surface area (Å²) in [7, 11) is 0. The van der Waals surface area contributed by atoms with Gasteiger partial charge in [0.2, 0.25) is 0 Å². The molecule has 0 aliphatic carbocycles. The Hall–Kier alpha value is -3.44. The number of halogens is 1. The molecule has 0 heterocycles. The Morgan fingerprint density at radius 2 is 1.68 bits per heavy atom. The lowest BCUT2D eigenvalue weighted by Gasteiger charge is -2.14. The molecule has 2 rings (SSSR count). The summed E-state index contributed by atoms with van der Waals surface area (Å²) in [5, 5.41) is 29.3. The van der Waals surface area contributed by atoms with Gasteiger partial charge in [0, 0.05) is 23.5 Å². The first-order valence-corrected chi connectivity index (χ1v) is 7.65. The summed E-state index contributed by atoms with van der Waals surface area (Å²) in [6.45, 7) is 3.55. The Kier molecular flexibility index (Phi) is 5.66. The molecule has 2 N–H and O–H groups in total. The highest BCUT2D eigenvalue weighted by atomic mass is 19.1. The van der Waals surface area contributed by atoms with E-state index in [0.717, 1.165) is 16.8 Å². The van der Waals surface area contributed by atoms with Crippen molar-refractivity contribution in [1.82, 2.24) is 0 Å². The molecule has 0 aliphatic rings. The average Bonchev–Trinajstić information content (AvgIpc) is 2.60. The fourth-order valence-electron chi connectivity index (χ4n) is 2.46. The maximum atomic E-state index is 13.0. The molecule has 4 nitrogen and oxygen atoms in total. The number of nitriles is 2. The highest BCUT2D eigenvalue weighted by molar-refractivity contribution is 5.97. The van der Waals surface area contributed by atoms with Gasteiger partial charge in [-0.05, 0) is 55.3 Å². The monoisotopic (exact) mass is 332 g/mol. The van der Waals surface area contributed by atoms with Crippen LogP contribution in [0.25, 0.3) is 0 Å². The molecule has 2 aromatic rings. The molecule has 2 aromatic carbocycles. The maximum absolute atomic E-state index is 13.0. The molecule has 5 heteroatoms. The number of nitrogens with one attached hydrogen (secondary N) is 2. The summed E-state index contributed by atoms with van der Waals surface area (Å²) in [4.78, 5) is 0. The third-order valence-corrected chi connectivity index (χ3v) is 3.79. The molecule has 124 valence electrons. The van der Waals surface area contributed by atoms with Crippen LogP contribution < -0.4 is 5.32 Å². The number of benzene rings is 2. The second-order valence-corrected chi connectivity index (χ2v) is 5.64. The Labute approximate surface area is 146 Å². The molecule has 0 spiro atoms. The van der Waals surface area contributed by atoms with Gasteiger partial charge in [-0.25, -0.2) is 4.39 Å². The van der Waals surface area contributed by atoms with E-state index in [1.807, 2.05) is 19.1 Å². The van der Waals surface area contributed by atoms with Crippen molar-refractivity contribution in [3.8, 4) is 12.1 Å². The van der Waals surface area contributed by atoms with Crippen molar-refractivity contribution in [3.63, 3.8) is 0 Å². The van der Waals surface area contributed by atoms with Gasteiger partial charge in [-0.2, -0.15) is 10.5 Å². The molecule has 0 fully saturated rings. The third-order valence-electron chi connectivity index (χ3n) is 3.79. The average molecular weight is 332 g/mol. The van der Waals surface area contributed by atoms with Crippen molar-refractivity contribution in [2.24, 2.45) is 0 Å². The number of rotatable bonds is 5. The lowest BCUT2D eigenvalue weighted by atomic mass is 9.99. The van der Waals surface area contributed by atoms with E-state index in [4.69, 9.17) is 15.9 Å². The Bertz CT molecular complexity index is 912. The third kappa shape index (κ3) is 4.53. The van der Waals surface area contributed by atoms with Gasteiger partial charge in [0.05, 0.1) is 11.1 Å². The topological polar surface area (TPSA) is 83.5 Å². The minimum atomic E-state index is -0.294. The molecule has 0 unspecified atom stereocenters. The molecule has 0 bridgehead atoms. The number of allylic oxidation sites excluding steroid dienone is 2. The van der Waals surface area contributed by atoms with Gasteiger partial charge in [0.15, 0.2) is 0 Å². The van der Waals surface area contributed by atoms with Crippen LogP contribution in [0.3, 0.4) is 0 Å². The van der Waals surface area contributed by atoms with E-state index in [9.17, 15) is 4.39 Å². The van der Waals surface area contributed by atoms with Crippen molar-refractivity contribution in [3.05, 3.63) is 76.2 Å². The first kappa shape index (κ1) is 17.9. The quantitative estimate of drug-likeness (QED) is 0.789. The number of hydrogen-bond acceptors (Lipinski definition) is 4. The van der Waals surface area contributed by atoms with E-state index < -0.39 is 0 Å². The molecule has 0 saturated heterocycles. The van der Waals surface area contributed by atoms with Crippen LogP contribution in [-0.4, -0.2) is 5.71 Å². The summed E-state index contributed by atoms with van der Waals surface area (Å²) in [5.74, 6) is -0.294. The van der Waals surface area contributed by atoms with Crippen LogP contribution in [0.2, 0.25) is 0 Å². The van der Waals surface area contributed by atoms with Crippen LogP contribution in [0, 0.1) is 33.9 Å². The molecule has 0 radical (unpaired) electrons. The summed E-state index contributed by atoms with van der Waals surface area (Å²) in [6.07, 6.45) is 0.496. The number of anilines is 1. The summed E-state index contributed by atoms with van der Waals surface area (Å²) in [6, 6.07) is 15.1. The van der Waals surface area contributed by atoms with Crippen LogP contribution in [0.4, 0.5) is 10.1 Å². The summed E-state index contributed by atoms with van der Waals surface area (Å²) >= 11 is 0. The number of hydrogen-bond donors (Lipinski definition) is 2. The minimum Gasteiger partial charge on any atom is -0.359 e. The van der Waals surface area contributed by atoms with Crippen LogP contribution in [0.1, 0.15) is 30.5 Å². The summed E-state index contributed by atoms with van der Waals surface area (Å²) in [5.41, 5.74) is 4.16. The van der Waals surface area contributed by atoms with Gasteiger partial charge in [0.25, 0.3) is 0 Å². The molecule has 0 saturated carbocycles. The van der Waals surface area contributed by atoms with Gasteiger partial charge in [-0.15, -0.1) is 0 Å². The van der Waals surface area contributed by atoms with Gasteiger partial charge in [-0.3, -0.25) is 0 Å². The standard InChI is InChI=1S/C20H17FN4/c1-13(24)20(9-15-3-6-18(21)7-4-15)14(2)25-19-8-5-16(11-22)17(10-19)12-23/h3-8,10,24-25H,9H2,1-2H3/b20-14-,24-13?. The van der Waals surface area contributed by atoms with E-state index in [2.05, 4.69) is 5.32 Å². The number of nitrogens with zero attached hydrogens (tertiary/aromatic N) is 2. The van der Waals surface area contributed by atoms with Crippen LogP contribution >= 0.6 is 0 Å². The SMILES string of the molecule is CC(=N)/C(Cc1ccc(F)cc1)=C(/C)Nc1ccc(C#N)c(C#N)c1. The molecule has 0 atom stereocenters. The molecular weight excluding hydrogens is 315 g/mol. The minimum absolute atomic E-state index is 0.294. The lowest BCUT2D eigenvalue weighted by molar-refractivity contribution is 0.627. The van der Waals surface area contributed by atoms with Crippen molar-refractivity contribution in [1.29, 1.82) is 15.9 Å². The summed E-state index contributed by atoms with van der Waals surface area (Å²) < 4.78 is 13.0. The fraction of sp³-hybridized carbons (Fsp3) is 0.150. The van der Waals surface area contributed by atoms with E-state index in [-0.39, 0.29) is 5.82 Å². The first-order chi connectivity index (χ1) is 11.9. The Balaban J connectivity index is 2.31. The zero-order valence-electron chi connectivity index (χ0n) is 14.0.